The number of amides is 1. The molecule has 1 amide bonds. The summed E-state index contributed by atoms with van der Waals surface area (Å²) < 4.78 is 0. The molecule has 2 rings (SSSR count). The van der Waals surface area contributed by atoms with Gasteiger partial charge < -0.3 is 16.0 Å². The first kappa shape index (κ1) is 14.4. The van der Waals surface area contributed by atoms with Crippen molar-refractivity contribution in [3.05, 3.63) is 29.8 Å². The molecule has 0 bridgehead atoms. The highest BCUT2D eigenvalue weighted by Crippen LogP contribution is 2.27. The summed E-state index contributed by atoms with van der Waals surface area (Å²) in [5.74, 6) is 0.814. The maximum Gasteiger partial charge on any atom is 0.248 e. The van der Waals surface area contributed by atoms with Crippen LogP contribution in [0.1, 0.15) is 19.4 Å². The van der Waals surface area contributed by atoms with E-state index < -0.39 is 0 Å². The van der Waals surface area contributed by atoms with E-state index in [1.807, 2.05) is 18.2 Å². The second kappa shape index (κ2) is 6.41. The van der Waals surface area contributed by atoms with Crippen molar-refractivity contribution >= 4 is 17.6 Å². The van der Waals surface area contributed by atoms with Crippen LogP contribution in [0.15, 0.2) is 29.3 Å². The fourth-order valence-electron chi connectivity index (χ4n) is 2.20. The number of rotatable bonds is 4. The lowest BCUT2D eigenvalue weighted by molar-refractivity contribution is -0.117. The van der Waals surface area contributed by atoms with Crippen molar-refractivity contribution in [3.8, 4) is 0 Å². The Labute approximate surface area is 119 Å². The van der Waals surface area contributed by atoms with Crippen molar-refractivity contribution in [3.63, 3.8) is 0 Å². The molecule has 5 heteroatoms. The number of hydrogen-bond acceptors (Lipinski definition) is 2. The summed E-state index contributed by atoms with van der Waals surface area (Å²) in [7, 11) is 0. The molecule has 1 aliphatic heterocycles. The standard InChI is InChI=1S/C15H22N4O/c1-11(2)9-17-15(16)18-10-14(20)19-8-7-12-5-3-4-6-13(12)19/h3-6,11H,7-10H2,1-2H3,(H3,16,17,18). The topological polar surface area (TPSA) is 70.7 Å². The Balaban J connectivity index is 1.92. The van der Waals surface area contributed by atoms with Gasteiger partial charge in [-0.15, -0.1) is 0 Å². The zero-order valence-electron chi connectivity index (χ0n) is 12.1. The summed E-state index contributed by atoms with van der Waals surface area (Å²) in [5.41, 5.74) is 7.95. The third-order valence-electron chi connectivity index (χ3n) is 3.26. The zero-order valence-corrected chi connectivity index (χ0v) is 12.1. The van der Waals surface area contributed by atoms with E-state index in [1.54, 1.807) is 4.90 Å². The first-order valence-electron chi connectivity index (χ1n) is 7.00. The molecule has 0 aromatic heterocycles. The number of nitrogens with zero attached hydrogens (tertiary/aromatic N) is 2. The molecule has 5 nitrogen and oxygen atoms in total. The van der Waals surface area contributed by atoms with Crippen LogP contribution >= 0.6 is 0 Å². The Hall–Kier alpha value is -2.04. The predicted octanol–water partition coefficient (Wildman–Crippen LogP) is 1.14. The van der Waals surface area contributed by atoms with Crippen LogP contribution in [-0.4, -0.2) is 31.5 Å². The van der Waals surface area contributed by atoms with Crippen molar-refractivity contribution < 1.29 is 4.79 Å². The number of nitrogens with two attached hydrogens (primary N) is 1. The molecular formula is C15H22N4O. The van der Waals surface area contributed by atoms with Crippen LogP contribution in [0.5, 0.6) is 0 Å². The number of guanidine groups is 1. The molecule has 1 aromatic carbocycles. The number of para-hydroxylation sites is 1. The van der Waals surface area contributed by atoms with Gasteiger partial charge in [-0.1, -0.05) is 32.0 Å². The highest BCUT2D eigenvalue weighted by atomic mass is 16.2. The van der Waals surface area contributed by atoms with Gasteiger partial charge in [-0.3, -0.25) is 4.79 Å². The van der Waals surface area contributed by atoms with Gasteiger partial charge in [0.05, 0.1) is 0 Å². The molecule has 1 heterocycles. The minimum Gasteiger partial charge on any atom is -0.370 e. The van der Waals surface area contributed by atoms with E-state index in [-0.39, 0.29) is 12.5 Å². The van der Waals surface area contributed by atoms with E-state index in [0.717, 1.165) is 25.2 Å². The number of nitrogens with one attached hydrogen (secondary N) is 1. The molecule has 0 spiro atoms. The highest BCUT2D eigenvalue weighted by molar-refractivity contribution is 5.97. The van der Waals surface area contributed by atoms with Crippen molar-refractivity contribution in [1.29, 1.82) is 0 Å². The molecule has 0 saturated heterocycles. The smallest absolute Gasteiger partial charge is 0.248 e. The number of benzene rings is 1. The Kier molecular flexibility index (Phi) is 4.61. The second-order valence-corrected chi connectivity index (χ2v) is 5.40. The first-order chi connectivity index (χ1) is 9.58. The summed E-state index contributed by atoms with van der Waals surface area (Å²) >= 11 is 0. The maximum atomic E-state index is 12.2. The number of aliphatic imine (C=N–C) groups is 1. The molecule has 0 aliphatic carbocycles. The monoisotopic (exact) mass is 274 g/mol. The molecule has 3 N–H and O–H groups in total. The summed E-state index contributed by atoms with van der Waals surface area (Å²) in [5, 5.41) is 3.00. The van der Waals surface area contributed by atoms with E-state index in [1.165, 1.54) is 5.56 Å². The van der Waals surface area contributed by atoms with Crippen molar-refractivity contribution in [2.24, 2.45) is 16.6 Å². The number of fused-ring (bicyclic) bond motifs is 1. The van der Waals surface area contributed by atoms with Crippen LogP contribution in [0.4, 0.5) is 5.69 Å². The van der Waals surface area contributed by atoms with Crippen LogP contribution in [0.2, 0.25) is 0 Å². The molecular weight excluding hydrogens is 252 g/mol. The predicted molar refractivity (Wildman–Crippen MR) is 81.8 cm³/mol. The van der Waals surface area contributed by atoms with Gasteiger partial charge in [-0.25, -0.2) is 4.99 Å². The molecule has 108 valence electrons. The number of hydrogen-bond donors (Lipinski definition) is 2. The van der Waals surface area contributed by atoms with Crippen molar-refractivity contribution in [2.45, 2.75) is 20.3 Å². The lowest BCUT2D eigenvalue weighted by Crippen LogP contribution is -2.36. The van der Waals surface area contributed by atoms with E-state index >= 15 is 0 Å². The van der Waals surface area contributed by atoms with Gasteiger partial charge in [-0.05, 0) is 24.0 Å². The molecule has 0 saturated carbocycles. The van der Waals surface area contributed by atoms with Gasteiger partial charge >= 0.3 is 0 Å². The van der Waals surface area contributed by atoms with E-state index in [9.17, 15) is 4.79 Å². The molecule has 0 radical (unpaired) electrons. The average Bonchev–Trinajstić information content (AvgIpc) is 2.86. The molecule has 20 heavy (non-hydrogen) atoms. The van der Waals surface area contributed by atoms with Gasteiger partial charge in [0.1, 0.15) is 6.54 Å². The number of carbonyl (C=O) groups is 1. The molecule has 1 aromatic rings. The lowest BCUT2D eigenvalue weighted by Gasteiger charge is -2.16. The largest absolute Gasteiger partial charge is 0.370 e. The fraction of sp³-hybridized carbons (Fsp3) is 0.467. The maximum absolute atomic E-state index is 12.2. The zero-order chi connectivity index (χ0) is 14.5. The quantitative estimate of drug-likeness (QED) is 0.639. The summed E-state index contributed by atoms with van der Waals surface area (Å²) in [6, 6.07) is 7.99. The summed E-state index contributed by atoms with van der Waals surface area (Å²) in [6.07, 6.45) is 0.909. The van der Waals surface area contributed by atoms with Crippen molar-refractivity contribution in [1.82, 2.24) is 5.32 Å². The minimum atomic E-state index is -0.00996. The van der Waals surface area contributed by atoms with Gasteiger partial charge in [-0.2, -0.15) is 0 Å². The fourth-order valence-corrected chi connectivity index (χ4v) is 2.20. The summed E-state index contributed by atoms with van der Waals surface area (Å²) in [6.45, 7) is 5.76. The molecule has 1 aliphatic rings. The Morgan fingerprint density at radius 3 is 2.95 bits per heavy atom. The number of carbonyl (C=O) groups excluding carboxylic acids is 1. The molecule has 0 fully saturated rings. The van der Waals surface area contributed by atoms with Crippen LogP contribution in [-0.2, 0) is 11.2 Å². The normalized spacial score (nSPS) is 14.6. The lowest BCUT2D eigenvalue weighted by atomic mass is 10.2. The Bertz CT molecular complexity index is 510. The molecule has 0 atom stereocenters. The van der Waals surface area contributed by atoms with Crippen LogP contribution in [0, 0.1) is 5.92 Å². The van der Waals surface area contributed by atoms with Gasteiger partial charge in [0.15, 0.2) is 5.96 Å². The second-order valence-electron chi connectivity index (χ2n) is 5.40. The van der Waals surface area contributed by atoms with Crippen molar-refractivity contribution in [2.75, 3.05) is 24.5 Å². The first-order valence-corrected chi connectivity index (χ1v) is 7.00. The van der Waals surface area contributed by atoms with E-state index in [0.29, 0.717) is 11.9 Å². The van der Waals surface area contributed by atoms with E-state index in [2.05, 4.69) is 30.2 Å². The highest BCUT2D eigenvalue weighted by Gasteiger charge is 2.23. The third-order valence-corrected chi connectivity index (χ3v) is 3.26. The van der Waals surface area contributed by atoms with Crippen LogP contribution in [0.3, 0.4) is 0 Å². The van der Waals surface area contributed by atoms with E-state index in [4.69, 9.17) is 5.73 Å². The SMILES string of the molecule is CC(C)CNC(N)=NCC(=O)N1CCc2ccccc21. The summed E-state index contributed by atoms with van der Waals surface area (Å²) in [4.78, 5) is 18.1. The van der Waals surface area contributed by atoms with Crippen LogP contribution < -0.4 is 16.0 Å². The average molecular weight is 274 g/mol. The third kappa shape index (κ3) is 3.50. The Morgan fingerprint density at radius 2 is 2.20 bits per heavy atom. The van der Waals surface area contributed by atoms with Gasteiger partial charge in [0.2, 0.25) is 5.91 Å². The van der Waals surface area contributed by atoms with Gasteiger partial charge in [0.25, 0.3) is 0 Å². The molecule has 0 unspecified atom stereocenters. The minimum absolute atomic E-state index is 0.00996. The number of anilines is 1. The Morgan fingerprint density at radius 1 is 1.45 bits per heavy atom. The van der Waals surface area contributed by atoms with Crippen LogP contribution in [0.25, 0.3) is 0 Å². The van der Waals surface area contributed by atoms with Gasteiger partial charge in [0, 0.05) is 18.8 Å².